The highest BCUT2D eigenvalue weighted by Crippen LogP contribution is 2.32. The summed E-state index contributed by atoms with van der Waals surface area (Å²) >= 11 is 25.8. The Kier molecular flexibility index (Phi) is 7.03. The van der Waals surface area contributed by atoms with Gasteiger partial charge in [0, 0.05) is 48.0 Å². The van der Waals surface area contributed by atoms with Crippen molar-refractivity contribution in [3.63, 3.8) is 0 Å². The molecule has 2 aromatic carbocycles. The zero-order valence-electron chi connectivity index (χ0n) is 16.1. The summed E-state index contributed by atoms with van der Waals surface area (Å²) in [5, 5.41) is 4.32. The van der Waals surface area contributed by atoms with Gasteiger partial charge in [0.1, 0.15) is 4.90 Å². The number of aromatic nitrogens is 1. The first-order chi connectivity index (χ1) is 14.7. The SMILES string of the molecule is O=S(=O)(c1cccc(Cl)c1Cl)N1CCN(c2nc(Cc3cc(Cl)cc(Cl)c3)cs2)CC1. The summed E-state index contributed by atoms with van der Waals surface area (Å²) in [6.45, 7) is 1.74. The molecule has 0 atom stereocenters. The number of rotatable bonds is 5. The number of anilines is 1. The fourth-order valence-corrected chi connectivity index (χ4v) is 7.00. The number of nitrogens with zero attached hydrogens (tertiary/aromatic N) is 3. The van der Waals surface area contributed by atoms with E-state index in [0.29, 0.717) is 42.6 Å². The molecule has 0 unspecified atom stereocenters. The van der Waals surface area contributed by atoms with Gasteiger partial charge in [0.25, 0.3) is 0 Å². The normalized spacial score (nSPS) is 15.4. The van der Waals surface area contributed by atoms with Crippen molar-refractivity contribution in [3.8, 4) is 0 Å². The van der Waals surface area contributed by atoms with E-state index < -0.39 is 10.0 Å². The van der Waals surface area contributed by atoms with Crippen LogP contribution in [0.2, 0.25) is 20.1 Å². The summed E-state index contributed by atoms with van der Waals surface area (Å²) in [5.41, 5.74) is 1.91. The standard InChI is InChI=1S/C20H17Cl4N3O2S2/c21-14-8-13(9-15(22)11-14)10-16-12-30-20(25-16)26-4-6-27(7-5-26)31(28,29)18-3-1-2-17(23)19(18)24/h1-3,8-9,11-12H,4-7,10H2. The van der Waals surface area contributed by atoms with Gasteiger partial charge >= 0.3 is 0 Å². The van der Waals surface area contributed by atoms with Crippen LogP contribution >= 0.6 is 57.7 Å². The molecule has 3 aromatic rings. The van der Waals surface area contributed by atoms with Crippen molar-refractivity contribution in [1.29, 1.82) is 0 Å². The summed E-state index contributed by atoms with van der Waals surface area (Å²) in [6.07, 6.45) is 0.623. The number of hydrogen-bond donors (Lipinski definition) is 0. The van der Waals surface area contributed by atoms with E-state index >= 15 is 0 Å². The first kappa shape index (κ1) is 23.1. The lowest BCUT2D eigenvalue weighted by Gasteiger charge is -2.34. The molecule has 1 saturated heterocycles. The van der Waals surface area contributed by atoms with Crippen molar-refractivity contribution in [2.45, 2.75) is 11.3 Å². The van der Waals surface area contributed by atoms with E-state index in [4.69, 9.17) is 51.4 Å². The van der Waals surface area contributed by atoms with Crippen molar-refractivity contribution in [2.24, 2.45) is 0 Å². The number of sulfonamides is 1. The van der Waals surface area contributed by atoms with Gasteiger partial charge in [0.05, 0.1) is 15.7 Å². The Bertz CT molecular complexity index is 1190. The molecular weight excluding hydrogens is 520 g/mol. The Morgan fingerprint density at radius 2 is 1.65 bits per heavy atom. The summed E-state index contributed by atoms with van der Waals surface area (Å²) < 4.78 is 27.4. The molecule has 0 bridgehead atoms. The van der Waals surface area contributed by atoms with Gasteiger partial charge in [-0.2, -0.15) is 4.31 Å². The van der Waals surface area contributed by atoms with E-state index in [0.717, 1.165) is 16.4 Å². The summed E-state index contributed by atoms with van der Waals surface area (Å²) in [6, 6.07) is 10.1. The van der Waals surface area contributed by atoms with Crippen LogP contribution in [0.1, 0.15) is 11.3 Å². The number of hydrogen-bond acceptors (Lipinski definition) is 5. The smallest absolute Gasteiger partial charge is 0.244 e. The Morgan fingerprint density at radius 3 is 2.32 bits per heavy atom. The van der Waals surface area contributed by atoms with Gasteiger partial charge in [-0.3, -0.25) is 0 Å². The number of halogens is 4. The van der Waals surface area contributed by atoms with Crippen LogP contribution in [0, 0.1) is 0 Å². The van der Waals surface area contributed by atoms with Crippen LogP contribution in [0.15, 0.2) is 46.7 Å². The molecule has 0 radical (unpaired) electrons. The summed E-state index contributed by atoms with van der Waals surface area (Å²) in [7, 11) is -3.72. The van der Waals surface area contributed by atoms with E-state index in [1.165, 1.54) is 21.7 Å². The first-order valence-corrected chi connectivity index (χ1v) is 13.2. The monoisotopic (exact) mass is 535 g/mol. The minimum atomic E-state index is -3.72. The predicted octanol–water partition coefficient (Wildman–Crippen LogP) is 5.86. The maximum Gasteiger partial charge on any atom is 0.244 e. The predicted molar refractivity (Wildman–Crippen MR) is 129 cm³/mol. The van der Waals surface area contributed by atoms with Crippen molar-refractivity contribution in [2.75, 3.05) is 31.1 Å². The molecule has 1 aromatic heterocycles. The molecule has 0 amide bonds. The zero-order valence-corrected chi connectivity index (χ0v) is 20.7. The molecule has 2 heterocycles. The summed E-state index contributed by atoms with van der Waals surface area (Å²) in [4.78, 5) is 6.83. The van der Waals surface area contributed by atoms with Crippen molar-refractivity contribution in [3.05, 3.63) is 73.1 Å². The van der Waals surface area contributed by atoms with Gasteiger partial charge in [-0.15, -0.1) is 11.3 Å². The van der Waals surface area contributed by atoms with E-state index in [2.05, 4.69) is 4.90 Å². The van der Waals surface area contributed by atoms with Gasteiger partial charge < -0.3 is 4.90 Å². The summed E-state index contributed by atoms with van der Waals surface area (Å²) in [5.74, 6) is 0. The van der Waals surface area contributed by atoms with Gasteiger partial charge in [0.2, 0.25) is 10.0 Å². The van der Waals surface area contributed by atoms with E-state index in [1.807, 2.05) is 17.5 Å². The Morgan fingerprint density at radius 1 is 0.968 bits per heavy atom. The quantitative estimate of drug-likeness (QED) is 0.410. The van der Waals surface area contributed by atoms with Crippen LogP contribution in [-0.4, -0.2) is 43.9 Å². The Labute approximate surface area is 205 Å². The van der Waals surface area contributed by atoms with Crippen LogP contribution < -0.4 is 4.90 Å². The third-order valence-electron chi connectivity index (χ3n) is 4.89. The highest BCUT2D eigenvalue weighted by Gasteiger charge is 2.31. The lowest BCUT2D eigenvalue weighted by atomic mass is 10.1. The van der Waals surface area contributed by atoms with Gasteiger partial charge in [-0.05, 0) is 35.9 Å². The fraction of sp³-hybridized carbons (Fsp3) is 0.250. The van der Waals surface area contributed by atoms with Crippen LogP contribution in [0.3, 0.4) is 0 Å². The lowest BCUT2D eigenvalue weighted by molar-refractivity contribution is 0.384. The van der Waals surface area contributed by atoms with E-state index in [1.54, 1.807) is 18.2 Å². The van der Waals surface area contributed by atoms with Crippen LogP contribution in [0.25, 0.3) is 0 Å². The number of piperazine rings is 1. The molecule has 1 aliphatic heterocycles. The molecule has 164 valence electrons. The maximum atomic E-state index is 13.0. The molecule has 1 fully saturated rings. The van der Waals surface area contributed by atoms with Crippen molar-refractivity contribution in [1.82, 2.24) is 9.29 Å². The van der Waals surface area contributed by atoms with Crippen LogP contribution in [0.5, 0.6) is 0 Å². The number of benzene rings is 2. The zero-order chi connectivity index (χ0) is 22.2. The highest BCUT2D eigenvalue weighted by atomic mass is 35.5. The molecular formula is C20H17Cl4N3O2S2. The highest BCUT2D eigenvalue weighted by molar-refractivity contribution is 7.89. The first-order valence-electron chi connectivity index (χ1n) is 9.32. The minimum Gasteiger partial charge on any atom is -0.345 e. The molecule has 0 saturated carbocycles. The second-order valence-corrected chi connectivity index (χ2v) is 11.4. The minimum absolute atomic E-state index is 0.0341. The van der Waals surface area contributed by atoms with Gasteiger partial charge in [0.15, 0.2) is 5.13 Å². The third kappa shape index (κ3) is 5.14. The maximum absolute atomic E-state index is 13.0. The molecule has 1 aliphatic rings. The molecule has 11 heteroatoms. The second kappa shape index (κ2) is 9.43. The Hall–Kier alpha value is -1.06. The van der Waals surface area contributed by atoms with Crippen molar-refractivity contribution >= 4 is 72.9 Å². The Balaban J connectivity index is 1.43. The molecule has 0 spiro atoms. The van der Waals surface area contributed by atoms with E-state index in [-0.39, 0.29) is 14.9 Å². The van der Waals surface area contributed by atoms with Gasteiger partial charge in [-0.1, -0.05) is 52.5 Å². The van der Waals surface area contributed by atoms with Crippen LogP contribution in [0.4, 0.5) is 5.13 Å². The van der Waals surface area contributed by atoms with Crippen molar-refractivity contribution < 1.29 is 8.42 Å². The van der Waals surface area contributed by atoms with E-state index in [9.17, 15) is 8.42 Å². The largest absolute Gasteiger partial charge is 0.345 e. The average molecular weight is 537 g/mol. The van der Waals surface area contributed by atoms with Gasteiger partial charge in [-0.25, -0.2) is 13.4 Å². The average Bonchev–Trinajstić information content (AvgIpc) is 3.17. The number of thiazole rings is 1. The lowest BCUT2D eigenvalue weighted by Crippen LogP contribution is -2.48. The topological polar surface area (TPSA) is 53.5 Å². The molecule has 5 nitrogen and oxygen atoms in total. The second-order valence-electron chi connectivity index (χ2n) is 7.02. The molecule has 31 heavy (non-hydrogen) atoms. The fourth-order valence-electron chi connectivity index (χ4n) is 3.39. The van der Waals surface area contributed by atoms with Crippen LogP contribution in [-0.2, 0) is 16.4 Å². The third-order valence-corrected chi connectivity index (χ3v) is 9.15. The molecule has 0 N–H and O–H groups in total. The molecule has 0 aliphatic carbocycles. The molecule has 4 rings (SSSR count).